The maximum absolute atomic E-state index is 4.88. The molecule has 26 heavy (non-hydrogen) atoms. The van der Waals surface area contributed by atoms with E-state index >= 15 is 0 Å². The number of rotatable bonds is 3. The van der Waals surface area contributed by atoms with Crippen molar-refractivity contribution in [2.45, 2.75) is 32.7 Å². The molecule has 134 valence electrons. The molecule has 0 aromatic carbocycles. The maximum atomic E-state index is 4.88. The van der Waals surface area contributed by atoms with Gasteiger partial charge in [-0.3, -0.25) is 9.88 Å². The van der Waals surface area contributed by atoms with Gasteiger partial charge < -0.3 is 4.90 Å². The third-order valence-electron chi connectivity index (χ3n) is 5.48. The van der Waals surface area contributed by atoms with E-state index in [9.17, 15) is 0 Å². The van der Waals surface area contributed by atoms with Gasteiger partial charge in [-0.15, -0.1) is 11.3 Å². The number of hydrogen-bond acceptors (Lipinski definition) is 6. The highest BCUT2D eigenvalue weighted by Gasteiger charge is 2.26. The largest absolute Gasteiger partial charge is 0.353 e. The van der Waals surface area contributed by atoms with Gasteiger partial charge in [0, 0.05) is 50.0 Å². The van der Waals surface area contributed by atoms with Gasteiger partial charge in [0.1, 0.15) is 16.5 Å². The molecule has 1 saturated heterocycles. The van der Waals surface area contributed by atoms with Crippen LogP contribution >= 0.6 is 11.3 Å². The average Bonchev–Trinajstić information content (AvgIpc) is 3.23. The van der Waals surface area contributed by atoms with Crippen LogP contribution in [-0.4, -0.2) is 46.0 Å². The SMILES string of the molecule is Cc1nc(N2CCN(Cc3ccncc3)CC2)c2c3c(sc2n1)CCC3. The molecule has 0 saturated carbocycles. The number of aromatic nitrogens is 3. The van der Waals surface area contributed by atoms with Gasteiger partial charge in [0.05, 0.1) is 5.39 Å². The normalized spacial score (nSPS) is 17.8. The van der Waals surface area contributed by atoms with Crippen molar-refractivity contribution >= 4 is 27.4 Å². The Kier molecular flexibility index (Phi) is 4.10. The Morgan fingerprint density at radius 1 is 1.04 bits per heavy atom. The van der Waals surface area contributed by atoms with Crippen LogP contribution in [0.2, 0.25) is 0 Å². The molecule has 0 bridgehead atoms. The van der Waals surface area contributed by atoms with Gasteiger partial charge in [0.25, 0.3) is 0 Å². The van der Waals surface area contributed by atoms with E-state index in [1.165, 1.54) is 51.3 Å². The summed E-state index contributed by atoms with van der Waals surface area (Å²) in [4.78, 5) is 21.4. The topological polar surface area (TPSA) is 45.2 Å². The molecule has 3 aromatic rings. The van der Waals surface area contributed by atoms with Gasteiger partial charge in [-0.05, 0) is 49.4 Å². The monoisotopic (exact) mass is 365 g/mol. The molecular weight excluding hydrogens is 342 g/mol. The Morgan fingerprint density at radius 3 is 2.65 bits per heavy atom. The summed E-state index contributed by atoms with van der Waals surface area (Å²) in [7, 11) is 0. The molecule has 0 N–H and O–H groups in total. The van der Waals surface area contributed by atoms with E-state index in [1.807, 2.05) is 30.7 Å². The fourth-order valence-electron chi connectivity index (χ4n) is 4.17. The highest BCUT2D eigenvalue weighted by atomic mass is 32.1. The van der Waals surface area contributed by atoms with Crippen molar-refractivity contribution < 1.29 is 0 Å². The van der Waals surface area contributed by atoms with Gasteiger partial charge in [-0.2, -0.15) is 0 Å². The zero-order valence-corrected chi connectivity index (χ0v) is 15.9. The highest BCUT2D eigenvalue weighted by molar-refractivity contribution is 7.19. The van der Waals surface area contributed by atoms with E-state index in [1.54, 1.807) is 0 Å². The van der Waals surface area contributed by atoms with Crippen LogP contribution in [0.4, 0.5) is 5.82 Å². The second-order valence-electron chi connectivity index (χ2n) is 7.25. The molecule has 0 spiro atoms. The second-order valence-corrected chi connectivity index (χ2v) is 8.33. The molecule has 0 radical (unpaired) electrons. The Hall–Kier alpha value is -2.05. The van der Waals surface area contributed by atoms with Crippen molar-refractivity contribution in [3.63, 3.8) is 0 Å². The number of anilines is 1. The van der Waals surface area contributed by atoms with E-state index in [2.05, 4.69) is 26.9 Å². The average molecular weight is 366 g/mol. The van der Waals surface area contributed by atoms with Gasteiger partial charge in [0.15, 0.2) is 0 Å². The lowest BCUT2D eigenvalue weighted by Gasteiger charge is -2.35. The Balaban J connectivity index is 1.38. The van der Waals surface area contributed by atoms with Crippen LogP contribution in [0.1, 0.15) is 28.2 Å². The number of fused-ring (bicyclic) bond motifs is 3. The lowest BCUT2D eigenvalue weighted by molar-refractivity contribution is 0.249. The Bertz CT molecular complexity index is 928. The molecule has 5 rings (SSSR count). The van der Waals surface area contributed by atoms with Crippen LogP contribution in [0.3, 0.4) is 0 Å². The van der Waals surface area contributed by atoms with E-state index in [-0.39, 0.29) is 0 Å². The maximum Gasteiger partial charge on any atom is 0.141 e. The van der Waals surface area contributed by atoms with Crippen LogP contribution in [0.15, 0.2) is 24.5 Å². The summed E-state index contributed by atoms with van der Waals surface area (Å²) in [6.45, 7) is 7.22. The zero-order valence-electron chi connectivity index (χ0n) is 15.1. The van der Waals surface area contributed by atoms with Crippen LogP contribution in [0.5, 0.6) is 0 Å². The van der Waals surface area contributed by atoms with Crippen molar-refractivity contribution in [3.05, 3.63) is 46.4 Å². The quantitative estimate of drug-likeness (QED) is 0.713. The number of thiophene rings is 1. The van der Waals surface area contributed by atoms with Gasteiger partial charge in [0.2, 0.25) is 0 Å². The van der Waals surface area contributed by atoms with Crippen LogP contribution in [0, 0.1) is 6.92 Å². The van der Waals surface area contributed by atoms with Crippen LogP contribution < -0.4 is 4.90 Å². The first-order valence-electron chi connectivity index (χ1n) is 9.43. The fourth-order valence-corrected chi connectivity index (χ4v) is 5.47. The minimum Gasteiger partial charge on any atom is -0.353 e. The smallest absolute Gasteiger partial charge is 0.141 e. The van der Waals surface area contributed by atoms with Crippen molar-refractivity contribution in [1.29, 1.82) is 0 Å². The predicted molar refractivity (Wildman–Crippen MR) is 106 cm³/mol. The third-order valence-corrected chi connectivity index (χ3v) is 6.67. The molecule has 0 amide bonds. The highest BCUT2D eigenvalue weighted by Crippen LogP contribution is 2.40. The first-order chi connectivity index (χ1) is 12.8. The van der Waals surface area contributed by atoms with Gasteiger partial charge in [-0.25, -0.2) is 9.97 Å². The molecular formula is C20H23N5S. The van der Waals surface area contributed by atoms with Crippen LogP contribution in [0.25, 0.3) is 10.2 Å². The van der Waals surface area contributed by atoms with Crippen LogP contribution in [-0.2, 0) is 19.4 Å². The standard InChI is InChI=1S/C20H23N5S/c1-14-22-19(18-16-3-2-4-17(16)26-20(18)23-14)25-11-9-24(10-12-25)13-15-5-7-21-8-6-15/h5-8H,2-4,9-13H2,1H3. The molecule has 1 aliphatic carbocycles. The number of pyridine rings is 1. The predicted octanol–water partition coefficient (Wildman–Crippen LogP) is 3.21. The summed E-state index contributed by atoms with van der Waals surface area (Å²) in [6, 6.07) is 4.22. The summed E-state index contributed by atoms with van der Waals surface area (Å²) in [5, 5.41) is 1.34. The molecule has 5 nitrogen and oxygen atoms in total. The van der Waals surface area contributed by atoms with Crippen molar-refractivity contribution in [2.24, 2.45) is 0 Å². The molecule has 2 aliphatic rings. The number of hydrogen-bond donors (Lipinski definition) is 0. The number of piperazine rings is 1. The molecule has 1 aliphatic heterocycles. The first kappa shape index (κ1) is 16.1. The summed E-state index contributed by atoms with van der Waals surface area (Å²) in [6.07, 6.45) is 7.45. The number of nitrogens with zero attached hydrogens (tertiary/aromatic N) is 5. The molecule has 6 heteroatoms. The molecule has 0 atom stereocenters. The Labute approximate surface area is 157 Å². The minimum absolute atomic E-state index is 0.895. The summed E-state index contributed by atoms with van der Waals surface area (Å²) < 4.78 is 0. The lowest BCUT2D eigenvalue weighted by Crippen LogP contribution is -2.46. The molecule has 4 heterocycles. The molecule has 3 aromatic heterocycles. The second kappa shape index (κ2) is 6.59. The Morgan fingerprint density at radius 2 is 1.85 bits per heavy atom. The fraction of sp³-hybridized carbons (Fsp3) is 0.450. The lowest BCUT2D eigenvalue weighted by atomic mass is 10.1. The first-order valence-corrected chi connectivity index (χ1v) is 10.2. The van der Waals surface area contributed by atoms with E-state index in [0.29, 0.717) is 0 Å². The zero-order chi connectivity index (χ0) is 17.5. The van der Waals surface area contributed by atoms with E-state index in [0.717, 1.165) is 38.5 Å². The van der Waals surface area contributed by atoms with Gasteiger partial charge >= 0.3 is 0 Å². The van der Waals surface area contributed by atoms with Crippen molar-refractivity contribution in [1.82, 2.24) is 19.9 Å². The van der Waals surface area contributed by atoms with E-state index < -0.39 is 0 Å². The summed E-state index contributed by atoms with van der Waals surface area (Å²) >= 11 is 1.89. The van der Waals surface area contributed by atoms with Gasteiger partial charge in [-0.1, -0.05) is 0 Å². The third kappa shape index (κ3) is 2.87. The molecule has 1 fully saturated rings. The van der Waals surface area contributed by atoms with E-state index in [4.69, 9.17) is 9.97 Å². The summed E-state index contributed by atoms with van der Waals surface area (Å²) in [5.74, 6) is 2.07. The van der Waals surface area contributed by atoms with Crippen molar-refractivity contribution in [3.8, 4) is 0 Å². The minimum atomic E-state index is 0.895. The number of aryl methyl sites for hydroxylation is 3. The molecule has 0 unspecified atom stereocenters. The van der Waals surface area contributed by atoms with Crippen molar-refractivity contribution in [2.75, 3.05) is 31.1 Å². The summed E-state index contributed by atoms with van der Waals surface area (Å²) in [5.41, 5.74) is 2.86.